The molecule has 1 saturated carbocycles. The van der Waals surface area contributed by atoms with E-state index in [1.165, 1.54) is 7.11 Å². The SMILES string of the molecule is COC(=O)c1cc(OC)n2c(C)c(-c3cc4cccc5c4n3C(C3CC3)C(=O)N5)nc2c1. The molecular formula is C24H22N4O4. The lowest BCUT2D eigenvalue weighted by molar-refractivity contribution is -0.119. The Labute approximate surface area is 183 Å². The highest BCUT2D eigenvalue weighted by Gasteiger charge is 2.42. The molecule has 1 atom stereocenters. The molecule has 3 aromatic heterocycles. The van der Waals surface area contributed by atoms with Crippen LogP contribution in [0.2, 0.25) is 0 Å². The van der Waals surface area contributed by atoms with Gasteiger partial charge in [0.2, 0.25) is 5.91 Å². The number of nitrogens with zero attached hydrogens (tertiary/aromatic N) is 3. The van der Waals surface area contributed by atoms with Crippen LogP contribution in [-0.4, -0.2) is 40.0 Å². The molecule has 8 nitrogen and oxygen atoms in total. The predicted molar refractivity (Wildman–Crippen MR) is 119 cm³/mol. The minimum atomic E-state index is -0.452. The number of aryl methyl sites for hydroxylation is 1. The van der Waals surface area contributed by atoms with E-state index < -0.39 is 5.97 Å². The third-order valence-electron chi connectivity index (χ3n) is 6.52. The molecule has 4 aromatic rings. The largest absolute Gasteiger partial charge is 0.482 e. The quantitative estimate of drug-likeness (QED) is 0.495. The van der Waals surface area contributed by atoms with Gasteiger partial charge in [-0.15, -0.1) is 0 Å². The number of rotatable bonds is 4. The molecule has 0 bridgehead atoms. The first-order valence-corrected chi connectivity index (χ1v) is 10.6. The second kappa shape index (κ2) is 6.59. The topological polar surface area (TPSA) is 86.9 Å². The zero-order valence-electron chi connectivity index (χ0n) is 18.0. The van der Waals surface area contributed by atoms with Crippen molar-refractivity contribution in [2.24, 2.45) is 5.92 Å². The summed E-state index contributed by atoms with van der Waals surface area (Å²) in [5.74, 6) is 0.394. The second-order valence-electron chi connectivity index (χ2n) is 8.43. The number of methoxy groups -OCH3 is 2. The number of pyridine rings is 1. The van der Waals surface area contributed by atoms with Gasteiger partial charge in [-0.3, -0.25) is 9.20 Å². The molecule has 0 radical (unpaired) electrons. The lowest BCUT2D eigenvalue weighted by Crippen LogP contribution is -2.32. The molecule has 0 saturated heterocycles. The van der Waals surface area contributed by atoms with Crippen LogP contribution in [0.4, 0.5) is 5.69 Å². The zero-order valence-corrected chi connectivity index (χ0v) is 18.0. The van der Waals surface area contributed by atoms with Gasteiger partial charge in [-0.05, 0) is 43.9 Å². The average Bonchev–Trinajstić information content (AvgIpc) is 3.48. The fourth-order valence-corrected chi connectivity index (χ4v) is 4.92. The molecule has 1 aliphatic carbocycles. The average molecular weight is 430 g/mol. The molecule has 162 valence electrons. The van der Waals surface area contributed by atoms with Gasteiger partial charge >= 0.3 is 5.97 Å². The smallest absolute Gasteiger partial charge is 0.338 e. The first-order chi connectivity index (χ1) is 15.5. The van der Waals surface area contributed by atoms with Crippen molar-refractivity contribution in [1.29, 1.82) is 0 Å². The highest BCUT2D eigenvalue weighted by atomic mass is 16.5. The number of carbonyl (C=O) groups excluding carboxylic acids is 2. The Morgan fingerprint density at radius 1 is 1.19 bits per heavy atom. The summed E-state index contributed by atoms with van der Waals surface area (Å²) < 4.78 is 14.5. The monoisotopic (exact) mass is 430 g/mol. The third kappa shape index (κ3) is 2.52. The van der Waals surface area contributed by atoms with Gasteiger partial charge in [0.25, 0.3) is 0 Å². The van der Waals surface area contributed by atoms with E-state index >= 15 is 0 Å². The van der Waals surface area contributed by atoms with Gasteiger partial charge in [0, 0.05) is 11.5 Å². The van der Waals surface area contributed by atoms with Crippen LogP contribution in [0.1, 0.15) is 34.9 Å². The van der Waals surface area contributed by atoms with Crippen molar-refractivity contribution in [2.45, 2.75) is 25.8 Å². The summed E-state index contributed by atoms with van der Waals surface area (Å²) in [6.07, 6.45) is 2.08. The Kier molecular flexibility index (Phi) is 3.90. The van der Waals surface area contributed by atoms with Crippen molar-refractivity contribution < 1.29 is 19.1 Å². The van der Waals surface area contributed by atoms with Gasteiger partial charge < -0.3 is 19.4 Å². The molecule has 1 fully saturated rings. The second-order valence-corrected chi connectivity index (χ2v) is 8.43. The van der Waals surface area contributed by atoms with Gasteiger partial charge in [0.15, 0.2) is 5.88 Å². The summed E-state index contributed by atoms with van der Waals surface area (Å²) >= 11 is 0. The maximum absolute atomic E-state index is 13.0. The minimum absolute atomic E-state index is 0.0249. The van der Waals surface area contributed by atoms with Crippen LogP contribution >= 0.6 is 0 Å². The lowest BCUT2D eigenvalue weighted by Gasteiger charge is -2.27. The number of esters is 1. The number of nitrogens with one attached hydrogen (secondary N) is 1. The molecular weight excluding hydrogens is 408 g/mol. The molecule has 4 heterocycles. The summed E-state index contributed by atoms with van der Waals surface area (Å²) in [6.45, 7) is 1.97. The van der Waals surface area contributed by atoms with E-state index in [1.54, 1.807) is 19.2 Å². The Balaban J connectivity index is 1.65. The van der Waals surface area contributed by atoms with E-state index in [9.17, 15) is 9.59 Å². The Morgan fingerprint density at radius 3 is 2.72 bits per heavy atom. The number of hydrogen-bond acceptors (Lipinski definition) is 5. The first-order valence-electron chi connectivity index (χ1n) is 10.6. The number of fused-ring (bicyclic) bond motifs is 1. The van der Waals surface area contributed by atoms with E-state index in [4.69, 9.17) is 14.5 Å². The molecule has 1 aromatic carbocycles. The normalized spacial score (nSPS) is 17.6. The Hall–Kier alpha value is -3.81. The van der Waals surface area contributed by atoms with Crippen molar-refractivity contribution in [3.05, 3.63) is 47.7 Å². The van der Waals surface area contributed by atoms with E-state index in [0.29, 0.717) is 23.0 Å². The molecule has 1 amide bonds. The minimum Gasteiger partial charge on any atom is -0.482 e. The number of aromatic nitrogens is 3. The number of amides is 1. The van der Waals surface area contributed by atoms with E-state index in [-0.39, 0.29) is 11.9 Å². The van der Waals surface area contributed by atoms with Crippen LogP contribution in [0.3, 0.4) is 0 Å². The van der Waals surface area contributed by atoms with Crippen LogP contribution in [0, 0.1) is 12.8 Å². The summed E-state index contributed by atoms with van der Waals surface area (Å²) in [6, 6.07) is 11.1. The maximum Gasteiger partial charge on any atom is 0.338 e. The van der Waals surface area contributed by atoms with E-state index in [1.807, 2.05) is 23.5 Å². The zero-order chi connectivity index (χ0) is 22.1. The van der Waals surface area contributed by atoms with Crippen molar-refractivity contribution in [3.8, 4) is 17.3 Å². The summed E-state index contributed by atoms with van der Waals surface area (Å²) in [7, 11) is 2.91. The van der Waals surface area contributed by atoms with Crippen molar-refractivity contribution >= 4 is 34.1 Å². The van der Waals surface area contributed by atoms with Crippen LogP contribution in [0.5, 0.6) is 5.88 Å². The van der Waals surface area contributed by atoms with Crippen LogP contribution < -0.4 is 10.1 Å². The van der Waals surface area contributed by atoms with Crippen molar-refractivity contribution in [2.75, 3.05) is 19.5 Å². The summed E-state index contributed by atoms with van der Waals surface area (Å²) in [5, 5.41) is 4.15. The number of carbonyl (C=O) groups is 2. The molecule has 0 spiro atoms. The number of benzene rings is 1. The van der Waals surface area contributed by atoms with E-state index in [0.717, 1.165) is 46.5 Å². The van der Waals surface area contributed by atoms with Gasteiger partial charge in [0.1, 0.15) is 17.4 Å². The van der Waals surface area contributed by atoms with Crippen molar-refractivity contribution in [1.82, 2.24) is 14.0 Å². The number of hydrogen-bond donors (Lipinski definition) is 1. The molecule has 8 heteroatoms. The summed E-state index contributed by atoms with van der Waals surface area (Å²) in [5.41, 5.74) is 5.32. The standard InChI is InChI=1S/C24H22N4O4/c1-12-20(26-18-10-15(24(30)32-3)11-19(31-2)27(12)18)17-9-14-5-4-6-16-21(14)28(17)22(13-7-8-13)23(29)25-16/h4-6,9-11,13,22H,7-8H2,1-3H3,(H,25,29). The number of ether oxygens (including phenoxy) is 2. The number of imidazole rings is 1. The fourth-order valence-electron chi connectivity index (χ4n) is 4.92. The van der Waals surface area contributed by atoms with E-state index in [2.05, 4.69) is 22.0 Å². The fraction of sp³-hybridized carbons (Fsp3) is 0.292. The highest BCUT2D eigenvalue weighted by Crippen LogP contribution is 2.48. The molecule has 1 aliphatic heterocycles. The molecule has 1 N–H and O–H groups in total. The predicted octanol–water partition coefficient (Wildman–Crippen LogP) is 3.96. The molecule has 32 heavy (non-hydrogen) atoms. The Bertz CT molecular complexity index is 1440. The van der Waals surface area contributed by atoms with Crippen LogP contribution in [-0.2, 0) is 9.53 Å². The lowest BCUT2D eigenvalue weighted by atomic mass is 10.1. The van der Waals surface area contributed by atoms with Gasteiger partial charge in [-0.1, -0.05) is 12.1 Å². The maximum atomic E-state index is 13.0. The van der Waals surface area contributed by atoms with Crippen LogP contribution in [0.25, 0.3) is 27.9 Å². The Morgan fingerprint density at radius 2 is 2.00 bits per heavy atom. The van der Waals surface area contributed by atoms with Crippen molar-refractivity contribution in [3.63, 3.8) is 0 Å². The summed E-state index contributed by atoms with van der Waals surface area (Å²) in [4.78, 5) is 30.1. The highest BCUT2D eigenvalue weighted by molar-refractivity contribution is 6.08. The van der Waals surface area contributed by atoms with Crippen LogP contribution in [0.15, 0.2) is 36.4 Å². The third-order valence-corrected chi connectivity index (χ3v) is 6.52. The van der Waals surface area contributed by atoms with Gasteiger partial charge in [-0.25, -0.2) is 9.78 Å². The molecule has 2 aliphatic rings. The van der Waals surface area contributed by atoms with Gasteiger partial charge in [0.05, 0.1) is 42.4 Å². The number of anilines is 1. The van der Waals surface area contributed by atoms with Gasteiger partial charge in [-0.2, -0.15) is 0 Å². The number of para-hydroxylation sites is 1. The molecule has 6 rings (SSSR count). The first kappa shape index (κ1) is 18.9. The molecule has 1 unspecified atom stereocenters.